The normalized spacial score (nSPS) is 18.0. The molecule has 7 nitrogen and oxygen atoms in total. The van der Waals surface area contributed by atoms with Gasteiger partial charge in [0.15, 0.2) is 5.78 Å². The molecule has 1 fully saturated rings. The molecule has 0 spiro atoms. The number of ketones is 1. The zero-order valence-electron chi connectivity index (χ0n) is 13.5. The first-order valence-electron chi connectivity index (χ1n) is 7.35. The van der Waals surface area contributed by atoms with Crippen LogP contribution in [0.2, 0.25) is 0 Å². The Morgan fingerprint density at radius 1 is 1.30 bits per heavy atom. The number of rotatable bonds is 6. The van der Waals surface area contributed by atoms with Crippen LogP contribution in [0.4, 0.5) is 0 Å². The SMILES string of the molecule is COc1cc(OC)c(C(C)=O)c(O)c1CN1CCC[C@H]1C(=O)O. The van der Waals surface area contributed by atoms with Crippen molar-refractivity contribution in [3.8, 4) is 17.2 Å². The quantitative estimate of drug-likeness (QED) is 0.769. The molecule has 0 aromatic heterocycles. The van der Waals surface area contributed by atoms with Gasteiger partial charge in [-0.3, -0.25) is 14.5 Å². The number of aliphatic carboxylic acids is 1. The number of likely N-dealkylation sites (tertiary alicyclic amines) is 1. The molecule has 126 valence electrons. The fourth-order valence-electron chi connectivity index (χ4n) is 3.00. The van der Waals surface area contributed by atoms with Crippen molar-refractivity contribution in [3.05, 3.63) is 17.2 Å². The van der Waals surface area contributed by atoms with Gasteiger partial charge in [0.1, 0.15) is 28.9 Å². The molecule has 2 rings (SSSR count). The summed E-state index contributed by atoms with van der Waals surface area (Å²) in [6.45, 7) is 2.14. The number of benzene rings is 1. The third-order valence-corrected chi connectivity index (χ3v) is 4.13. The molecule has 1 heterocycles. The molecule has 0 bridgehead atoms. The van der Waals surface area contributed by atoms with E-state index in [9.17, 15) is 19.8 Å². The molecule has 0 saturated carbocycles. The number of carboxylic acid groups (broad SMARTS) is 1. The van der Waals surface area contributed by atoms with Crippen LogP contribution in [0.25, 0.3) is 0 Å². The highest BCUT2D eigenvalue weighted by molar-refractivity contribution is 6.00. The molecular formula is C16H21NO6. The number of phenols is 1. The summed E-state index contributed by atoms with van der Waals surface area (Å²) in [5, 5.41) is 19.8. The van der Waals surface area contributed by atoms with E-state index in [1.54, 1.807) is 4.90 Å². The van der Waals surface area contributed by atoms with E-state index in [4.69, 9.17) is 9.47 Å². The third-order valence-electron chi connectivity index (χ3n) is 4.13. The van der Waals surface area contributed by atoms with Crippen LogP contribution in [0.15, 0.2) is 6.07 Å². The molecule has 1 atom stereocenters. The van der Waals surface area contributed by atoms with E-state index in [0.717, 1.165) is 6.42 Å². The van der Waals surface area contributed by atoms with E-state index in [-0.39, 0.29) is 29.4 Å². The van der Waals surface area contributed by atoms with E-state index in [1.807, 2.05) is 0 Å². The van der Waals surface area contributed by atoms with Gasteiger partial charge < -0.3 is 19.7 Å². The fraction of sp³-hybridized carbons (Fsp3) is 0.500. The van der Waals surface area contributed by atoms with Crippen molar-refractivity contribution < 1.29 is 29.3 Å². The molecule has 1 aliphatic rings. The summed E-state index contributed by atoms with van der Waals surface area (Å²) < 4.78 is 10.4. The van der Waals surface area contributed by atoms with Crippen LogP contribution in [-0.2, 0) is 11.3 Å². The van der Waals surface area contributed by atoms with Crippen molar-refractivity contribution in [2.24, 2.45) is 0 Å². The minimum Gasteiger partial charge on any atom is -0.507 e. The predicted octanol–water partition coefficient (Wildman–Crippen LogP) is 1.66. The van der Waals surface area contributed by atoms with E-state index in [2.05, 4.69) is 0 Å². The Morgan fingerprint density at radius 2 is 1.96 bits per heavy atom. The number of carbonyl (C=O) groups excluding carboxylic acids is 1. The molecule has 0 amide bonds. The molecule has 1 aromatic carbocycles. The number of methoxy groups -OCH3 is 2. The molecule has 1 saturated heterocycles. The third kappa shape index (κ3) is 3.24. The van der Waals surface area contributed by atoms with Gasteiger partial charge in [0.2, 0.25) is 0 Å². The predicted molar refractivity (Wildman–Crippen MR) is 82.3 cm³/mol. The van der Waals surface area contributed by atoms with Crippen molar-refractivity contribution in [1.82, 2.24) is 4.90 Å². The molecule has 1 aliphatic heterocycles. The van der Waals surface area contributed by atoms with Crippen molar-refractivity contribution in [1.29, 1.82) is 0 Å². The number of aromatic hydroxyl groups is 1. The lowest BCUT2D eigenvalue weighted by Gasteiger charge is -2.24. The Bertz CT molecular complexity index is 627. The second-order valence-corrected chi connectivity index (χ2v) is 5.51. The highest BCUT2D eigenvalue weighted by atomic mass is 16.5. The minimum absolute atomic E-state index is 0.0781. The van der Waals surface area contributed by atoms with Crippen molar-refractivity contribution in [2.75, 3.05) is 20.8 Å². The number of hydrogen-bond acceptors (Lipinski definition) is 6. The second-order valence-electron chi connectivity index (χ2n) is 5.51. The summed E-state index contributed by atoms with van der Waals surface area (Å²) in [7, 11) is 2.85. The van der Waals surface area contributed by atoms with Crippen LogP contribution in [0.1, 0.15) is 35.7 Å². The highest BCUT2D eigenvalue weighted by Crippen LogP contribution is 2.40. The second kappa shape index (κ2) is 6.87. The van der Waals surface area contributed by atoms with Gasteiger partial charge in [-0.25, -0.2) is 0 Å². The maximum atomic E-state index is 11.8. The molecule has 2 N–H and O–H groups in total. The maximum absolute atomic E-state index is 11.8. The molecule has 0 radical (unpaired) electrons. The summed E-state index contributed by atoms with van der Waals surface area (Å²) in [5.41, 5.74) is 0.473. The average molecular weight is 323 g/mol. The summed E-state index contributed by atoms with van der Waals surface area (Å²) in [5.74, 6) is -0.849. The Kier molecular flexibility index (Phi) is 5.10. The van der Waals surface area contributed by atoms with Crippen molar-refractivity contribution in [3.63, 3.8) is 0 Å². The van der Waals surface area contributed by atoms with Crippen LogP contribution in [-0.4, -0.2) is 53.7 Å². The van der Waals surface area contributed by atoms with Crippen molar-refractivity contribution in [2.45, 2.75) is 32.4 Å². The van der Waals surface area contributed by atoms with E-state index < -0.39 is 12.0 Å². The van der Waals surface area contributed by atoms with Crippen LogP contribution in [0, 0.1) is 0 Å². The standard InChI is InChI=1S/C16H21NO6/c1-9(18)14-13(23-3)7-12(22-2)10(15(14)19)8-17-6-4-5-11(17)16(20)21/h7,11,19H,4-6,8H2,1-3H3,(H,20,21)/t11-/m0/s1. The molecule has 0 unspecified atom stereocenters. The largest absolute Gasteiger partial charge is 0.507 e. The summed E-state index contributed by atoms with van der Waals surface area (Å²) in [6, 6.07) is 0.944. The van der Waals surface area contributed by atoms with Gasteiger partial charge in [0, 0.05) is 12.6 Å². The van der Waals surface area contributed by atoms with Gasteiger partial charge >= 0.3 is 5.97 Å². The van der Waals surface area contributed by atoms with E-state index in [1.165, 1.54) is 27.2 Å². The Morgan fingerprint density at radius 3 is 2.48 bits per heavy atom. The topological polar surface area (TPSA) is 96.3 Å². The number of nitrogens with zero attached hydrogens (tertiary/aromatic N) is 1. The first-order chi connectivity index (χ1) is 10.9. The zero-order valence-corrected chi connectivity index (χ0v) is 13.5. The monoisotopic (exact) mass is 323 g/mol. The molecule has 7 heteroatoms. The first kappa shape index (κ1) is 17.1. The van der Waals surface area contributed by atoms with Gasteiger partial charge in [-0.05, 0) is 26.3 Å². The van der Waals surface area contributed by atoms with Crippen LogP contribution < -0.4 is 9.47 Å². The lowest BCUT2D eigenvalue weighted by molar-refractivity contribution is -0.142. The van der Waals surface area contributed by atoms with Crippen LogP contribution in [0.3, 0.4) is 0 Å². The zero-order chi connectivity index (χ0) is 17.1. The first-order valence-corrected chi connectivity index (χ1v) is 7.35. The molecule has 23 heavy (non-hydrogen) atoms. The number of carboxylic acids is 1. The van der Waals surface area contributed by atoms with Gasteiger partial charge in [-0.1, -0.05) is 0 Å². The Balaban J connectivity index is 2.46. The van der Waals surface area contributed by atoms with Crippen molar-refractivity contribution >= 4 is 11.8 Å². The van der Waals surface area contributed by atoms with Gasteiger partial charge in [-0.2, -0.15) is 0 Å². The van der Waals surface area contributed by atoms with Gasteiger partial charge in [-0.15, -0.1) is 0 Å². The number of Topliss-reactive ketones (excluding diaryl/α,β-unsaturated/α-hetero) is 1. The number of phenolic OH excluding ortho intramolecular Hbond substituents is 1. The summed E-state index contributed by atoms with van der Waals surface area (Å²) >= 11 is 0. The van der Waals surface area contributed by atoms with Gasteiger partial charge in [0.05, 0.1) is 19.8 Å². The number of carbonyl (C=O) groups is 2. The van der Waals surface area contributed by atoms with Crippen LogP contribution in [0.5, 0.6) is 17.2 Å². The summed E-state index contributed by atoms with van der Waals surface area (Å²) in [4.78, 5) is 24.9. The molecule has 0 aliphatic carbocycles. The lowest BCUT2D eigenvalue weighted by Crippen LogP contribution is -2.35. The number of ether oxygens (including phenoxy) is 2. The number of hydrogen-bond donors (Lipinski definition) is 2. The van der Waals surface area contributed by atoms with E-state index >= 15 is 0 Å². The van der Waals surface area contributed by atoms with Gasteiger partial charge in [0.25, 0.3) is 0 Å². The Hall–Kier alpha value is -2.28. The molecular weight excluding hydrogens is 302 g/mol. The molecule has 1 aromatic rings. The Labute approximate surface area is 134 Å². The highest BCUT2D eigenvalue weighted by Gasteiger charge is 2.32. The van der Waals surface area contributed by atoms with Crippen LogP contribution >= 0.6 is 0 Å². The van der Waals surface area contributed by atoms with E-state index in [0.29, 0.717) is 24.3 Å². The summed E-state index contributed by atoms with van der Waals surface area (Å²) in [6.07, 6.45) is 1.34. The smallest absolute Gasteiger partial charge is 0.320 e. The lowest BCUT2D eigenvalue weighted by atomic mass is 10.0. The maximum Gasteiger partial charge on any atom is 0.320 e. The minimum atomic E-state index is -0.888. The average Bonchev–Trinajstić information content (AvgIpc) is 2.96. The fourth-order valence-corrected chi connectivity index (χ4v) is 3.00.